The van der Waals surface area contributed by atoms with Crippen molar-refractivity contribution in [2.75, 3.05) is 13.2 Å². The van der Waals surface area contributed by atoms with E-state index in [-0.39, 0.29) is 0 Å². The number of para-hydroxylation sites is 1. The lowest BCUT2D eigenvalue weighted by Gasteiger charge is -2.41. The van der Waals surface area contributed by atoms with Gasteiger partial charge in [-0.25, -0.2) is 0 Å². The largest absolute Gasteiger partial charge is 0.494 e. The van der Waals surface area contributed by atoms with Crippen LogP contribution >= 0.6 is 0 Å². The zero-order valence-electron chi connectivity index (χ0n) is 11.7. The third-order valence-corrected chi connectivity index (χ3v) is 4.25. The van der Waals surface area contributed by atoms with Crippen molar-refractivity contribution in [3.05, 3.63) is 29.8 Å². The number of hydrogen-bond donors (Lipinski definition) is 1. The van der Waals surface area contributed by atoms with Crippen molar-refractivity contribution in [2.45, 2.75) is 46.1 Å². The highest BCUT2D eigenvalue weighted by Gasteiger charge is 2.34. The molecule has 1 N–H and O–H groups in total. The van der Waals surface area contributed by atoms with E-state index in [1.54, 1.807) is 0 Å². The van der Waals surface area contributed by atoms with E-state index in [4.69, 9.17) is 4.74 Å². The minimum atomic E-state index is 0.584. The maximum absolute atomic E-state index is 5.65. The molecule has 0 saturated heterocycles. The lowest BCUT2D eigenvalue weighted by atomic mass is 9.67. The molecule has 2 rings (SSSR count). The van der Waals surface area contributed by atoms with Crippen molar-refractivity contribution >= 4 is 0 Å². The molecule has 0 heterocycles. The molecule has 1 aromatic carbocycles. The van der Waals surface area contributed by atoms with E-state index in [1.807, 2.05) is 13.0 Å². The topological polar surface area (TPSA) is 21.3 Å². The molecular weight excluding hydrogens is 222 g/mol. The number of nitrogens with one attached hydrogen (secondary N) is 1. The van der Waals surface area contributed by atoms with Crippen LogP contribution in [0.25, 0.3) is 0 Å². The van der Waals surface area contributed by atoms with Crippen LogP contribution in [0, 0.1) is 5.41 Å². The Bertz CT molecular complexity index is 366. The Kier molecular flexibility index (Phi) is 4.65. The lowest BCUT2D eigenvalue weighted by molar-refractivity contribution is 0.123. The molecule has 18 heavy (non-hydrogen) atoms. The quantitative estimate of drug-likeness (QED) is 0.792. The first-order chi connectivity index (χ1) is 8.79. The molecule has 1 aliphatic carbocycles. The van der Waals surface area contributed by atoms with Gasteiger partial charge in [0.2, 0.25) is 0 Å². The summed E-state index contributed by atoms with van der Waals surface area (Å²) in [7, 11) is 0. The first kappa shape index (κ1) is 13.4. The minimum absolute atomic E-state index is 0.584. The summed E-state index contributed by atoms with van der Waals surface area (Å²) in [5.74, 6) is 1.02. The predicted molar refractivity (Wildman–Crippen MR) is 75.9 cm³/mol. The fraction of sp³-hybridized carbons (Fsp3) is 0.625. The van der Waals surface area contributed by atoms with Crippen molar-refractivity contribution in [1.29, 1.82) is 0 Å². The summed E-state index contributed by atoms with van der Waals surface area (Å²) in [5, 5.41) is 3.61. The Morgan fingerprint density at radius 2 is 2.00 bits per heavy atom. The number of benzene rings is 1. The van der Waals surface area contributed by atoms with Crippen molar-refractivity contribution in [3.8, 4) is 5.75 Å². The molecule has 0 spiro atoms. The molecule has 0 unspecified atom stereocenters. The second-order valence-corrected chi connectivity index (χ2v) is 5.35. The van der Waals surface area contributed by atoms with Crippen LogP contribution in [-0.4, -0.2) is 13.2 Å². The van der Waals surface area contributed by atoms with Crippen LogP contribution in [0.4, 0.5) is 0 Å². The zero-order chi connectivity index (χ0) is 12.8. The molecule has 2 heteroatoms. The second kappa shape index (κ2) is 6.24. The third-order valence-electron chi connectivity index (χ3n) is 4.25. The van der Waals surface area contributed by atoms with E-state index in [0.29, 0.717) is 5.41 Å². The van der Waals surface area contributed by atoms with Crippen LogP contribution in [0.15, 0.2) is 24.3 Å². The van der Waals surface area contributed by atoms with Gasteiger partial charge in [-0.05, 0) is 37.7 Å². The summed E-state index contributed by atoms with van der Waals surface area (Å²) >= 11 is 0. The van der Waals surface area contributed by atoms with Gasteiger partial charge in [0.05, 0.1) is 6.61 Å². The van der Waals surface area contributed by atoms with E-state index in [2.05, 4.69) is 30.4 Å². The minimum Gasteiger partial charge on any atom is -0.494 e. The maximum Gasteiger partial charge on any atom is 0.123 e. The van der Waals surface area contributed by atoms with Crippen LogP contribution < -0.4 is 10.1 Å². The van der Waals surface area contributed by atoms with E-state index >= 15 is 0 Å². The van der Waals surface area contributed by atoms with Crippen LogP contribution in [0.5, 0.6) is 5.75 Å². The molecule has 0 radical (unpaired) electrons. The van der Waals surface area contributed by atoms with E-state index in [9.17, 15) is 0 Å². The normalized spacial score (nSPS) is 17.2. The van der Waals surface area contributed by atoms with Crippen molar-refractivity contribution < 1.29 is 4.74 Å². The van der Waals surface area contributed by atoms with Gasteiger partial charge in [0.25, 0.3) is 0 Å². The van der Waals surface area contributed by atoms with Gasteiger partial charge in [0.1, 0.15) is 5.75 Å². The SMILES string of the molecule is CCOc1ccccc1CNCC1(CC)CCC1. The van der Waals surface area contributed by atoms with Gasteiger partial charge in [0.15, 0.2) is 0 Å². The van der Waals surface area contributed by atoms with E-state index < -0.39 is 0 Å². The Morgan fingerprint density at radius 3 is 2.61 bits per heavy atom. The van der Waals surface area contributed by atoms with Gasteiger partial charge in [0, 0.05) is 18.7 Å². The summed E-state index contributed by atoms with van der Waals surface area (Å²) in [6.07, 6.45) is 5.49. The Labute approximate surface area is 111 Å². The molecular formula is C16H25NO. The summed E-state index contributed by atoms with van der Waals surface area (Å²) in [4.78, 5) is 0. The highest BCUT2D eigenvalue weighted by Crippen LogP contribution is 2.43. The van der Waals surface area contributed by atoms with Crippen LogP contribution in [0.1, 0.15) is 45.1 Å². The number of rotatable bonds is 7. The van der Waals surface area contributed by atoms with Crippen molar-refractivity contribution in [3.63, 3.8) is 0 Å². The molecule has 0 atom stereocenters. The Balaban J connectivity index is 1.86. The van der Waals surface area contributed by atoms with Gasteiger partial charge >= 0.3 is 0 Å². The van der Waals surface area contributed by atoms with Gasteiger partial charge in [-0.3, -0.25) is 0 Å². The molecule has 1 fully saturated rings. The molecule has 2 nitrogen and oxygen atoms in total. The van der Waals surface area contributed by atoms with Crippen LogP contribution in [0.2, 0.25) is 0 Å². The Hall–Kier alpha value is -1.02. The van der Waals surface area contributed by atoms with Crippen LogP contribution in [0.3, 0.4) is 0 Å². The van der Waals surface area contributed by atoms with E-state index in [1.165, 1.54) is 31.2 Å². The first-order valence-corrected chi connectivity index (χ1v) is 7.21. The smallest absolute Gasteiger partial charge is 0.123 e. The molecule has 1 aromatic rings. The Morgan fingerprint density at radius 1 is 1.22 bits per heavy atom. The van der Waals surface area contributed by atoms with Gasteiger partial charge in [-0.2, -0.15) is 0 Å². The van der Waals surface area contributed by atoms with Crippen molar-refractivity contribution in [2.24, 2.45) is 5.41 Å². The van der Waals surface area contributed by atoms with Crippen molar-refractivity contribution in [1.82, 2.24) is 5.32 Å². The highest BCUT2D eigenvalue weighted by atomic mass is 16.5. The first-order valence-electron chi connectivity index (χ1n) is 7.21. The average molecular weight is 247 g/mol. The lowest BCUT2D eigenvalue weighted by Crippen LogP contribution is -2.39. The fourth-order valence-electron chi connectivity index (χ4n) is 2.74. The second-order valence-electron chi connectivity index (χ2n) is 5.35. The molecule has 0 aliphatic heterocycles. The molecule has 100 valence electrons. The third kappa shape index (κ3) is 3.05. The van der Waals surface area contributed by atoms with Gasteiger partial charge in [-0.1, -0.05) is 31.5 Å². The maximum atomic E-state index is 5.65. The van der Waals surface area contributed by atoms with Gasteiger partial charge in [-0.15, -0.1) is 0 Å². The monoisotopic (exact) mass is 247 g/mol. The molecule has 0 amide bonds. The van der Waals surface area contributed by atoms with E-state index in [0.717, 1.165) is 25.4 Å². The molecule has 1 saturated carbocycles. The zero-order valence-corrected chi connectivity index (χ0v) is 11.7. The molecule has 0 aromatic heterocycles. The fourth-order valence-corrected chi connectivity index (χ4v) is 2.74. The predicted octanol–water partition coefficient (Wildman–Crippen LogP) is 3.76. The standard InChI is InChI=1S/C16H25NO/c1-3-16(10-7-11-16)13-17-12-14-8-5-6-9-15(14)18-4-2/h5-6,8-9,17H,3-4,7,10-13H2,1-2H3. The summed E-state index contributed by atoms with van der Waals surface area (Å²) < 4.78 is 5.65. The molecule has 1 aliphatic rings. The summed E-state index contributed by atoms with van der Waals surface area (Å²) in [6, 6.07) is 8.32. The average Bonchev–Trinajstić information content (AvgIpc) is 2.35. The van der Waals surface area contributed by atoms with Crippen LogP contribution in [-0.2, 0) is 6.54 Å². The summed E-state index contributed by atoms with van der Waals surface area (Å²) in [5.41, 5.74) is 1.85. The molecule has 0 bridgehead atoms. The number of hydrogen-bond acceptors (Lipinski definition) is 2. The number of ether oxygens (including phenoxy) is 1. The highest BCUT2D eigenvalue weighted by molar-refractivity contribution is 5.33. The summed E-state index contributed by atoms with van der Waals surface area (Å²) in [6.45, 7) is 7.14. The van der Waals surface area contributed by atoms with Gasteiger partial charge < -0.3 is 10.1 Å².